The van der Waals surface area contributed by atoms with Gasteiger partial charge < -0.3 is 14.5 Å². The van der Waals surface area contributed by atoms with E-state index in [0.29, 0.717) is 29.5 Å². The van der Waals surface area contributed by atoms with Crippen molar-refractivity contribution in [1.82, 2.24) is 9.97 Å². The molecule has 0 bridgehead atoms. The van der Waals surface area contributed by atoms with Gasteiger partial charge in [-0.15, -0.1) is 0 Å². The van der Waals surface area contributed by atoms with E-state index >= 15 is 0 Å². The number of allylic oxidation sites excluding steroid dienone is 1. The van der Waals surface area contributed by atoms with Crippen LogP contribution in [-0.2, 0) is 0 Å². The van der Waals surface area contributed by atoms with Crippen LogP contribution in [0.5, 0.6) is 11.5 Å². The maximum Gasteiger partial charge on any atom is 0.161 e. The number of fused-ring (bicyclic) bond motifs is 1. The molecule has 0 saturated heterocycles. The van der Waals surface area contributed by atoms with E-state index in [1.807, 2.05) is 42.5 Å². The molecule has 3 rings (SSSR count). The maximum atomic E-state index is 9.53. The zero-order chi connectivity index (χ0) is 17.6. The molecule has 2 aromatic carbocycles. The summed E-state index contributed by atoms with van der Waals surface area (Å²) in [7, 11) is 1.60. The van der Waals surface area contributed by atoms with Crippen LogP contribution in [0.3, 0.4) is 0 Å². The van der Waals surface area contributed by atoms with Crippen LogP contribution in [0.15, 0.2) is 42.5 Å². The minimum absolute atomic E-state index is 0.459. The summed E-state index contributed by atoms with van der Waals surface area (Å²) in [4.78, 5) is 7.66. The van der Waals surface area contributed by atoms with Gasteiger partial charge in [0, 0.05) is 0 Å². The van der Waals surface area contributed by atoms with E-state index in [1.54, 1.807) is 13.2 Å². The van der Waals surface area contributed by atoms with Crippen LogP contribution in [0.1, 0.15) is 24.7 Å². The Bertz CT molecular complexity index is 918. The van der Waals surface area contributed by atoms with Crippen molar-refractivity contribution >= 4 is 22.7 Å². The number of para-hydroxylation sites is 2. The monoisotopic (exact) mass is 333 g/mol. The lowest BCUT2D eigenvalue weighted by molar-refractivity contribution is 0.294. The molecule has 0 unspecified atom stereocenters. The Labute approximate surface area is 146 Å². The molecule has 1 aromatic heterocycles. The average molecular weight is 333 g/mol. The highest BCUT2D eigenvalue weighted by Crippen LogP contribution is 2.30. The fourth-order valence-corrected chi connectivity index (χ4v) is 2.51. The van der Waals surface area contributed by atoms with Crippen LogP contribution in [-0.4, -0.2) is 23.7 Å². The zero-order valence-corrected chi connectivity index (χ0v) is 14.2. The second-order valence-corrected chi connectivity index (χ2v) is 5.53. The molecular formula is C20H19N3O2. The number of nitriles is 1. The number of aromatic amines is 1. The average Bonchev–Trinajstić information content (AvgIpc) is 3.08. The van der Waals surface area contributed by atoms with Gasteiger partial charge in [0.05, 0.1) is 30.3 Å². The van der Waals surface area contributed by atoms with Crippen LogP contribution in [0.2, 0.25) is 0 Å². The van der Waals surface area contributed by atoms with Gasteiger partial charge in [0.15, 0.2) is 11.5 Å². The fraction of sp³-hybridized carbons (Fsp3) is 0.200. The molecule has 0 fully saturated rings. The Balaban J connectivity index is 1.95. The Morgan fingerprint density at radius 2 is 2.08 bits per heavy atom. The minimum atomic E-state index is 0.459. The first-order chi connectivity index (χ1) is 12.2. The maximum absolute atomic E-state index is 9.53. The minimum Gasteiger partial charge on any atom is -0.493 e. The third-order valence-electron chi connectivity index (χ3n) is 3.73. The van der Waals surface area contributed by atoms with E-state index in [-0.39, 0.29) is 0 Å². The predicted molar refractivity (Wildman–Crippen MR) is 98.4 cm³/mol. The van der Waals surface area contributed by atoms with Crippen molar-refractivity contribution in [2.24, 2.45) is 0 Å². The summed E-state index contributed by atoms with van der Waals surface area (Å²) in [5.74, 6) is 1.89. The topological polar surface area (TPSA) is 70.9 Å². The molecule has 3 aromatic rings. The van der Waals surface area contributed by atoms with Gasteiger partial charge in [0.1, 0.15) is 11.9 Å². The molecule has 5 heteroatoms. The van der Waals surface area contributed by atoms with Crippen LogP contribution >= 0.6 is 0 Å². The van der Waals surface area contributed by atoms with Gasteiger partial charge in [-0.3, -0.25) is 0 Å². The number of methoxy groups -OCH3 is 1. The van der Waals surface area contributed by atoms with E-state index in [2.05, 4.69) is 23.0 Å². The van der Waals surface area contributed by atoms with E-state index in [4.69, 9.17) is 9.47 Å². The first kappa shape index (κ1) is 16.6. The number of aromatic nitrogens is 2. The van der Waals surface area contributed by atoms with Crippen LogP contribution in [0.25, 0.3) is 22.7 Å². The second-order valence-electron chi connectivity index (χ2n) is 5.53. The van der Waals surface area contributed by atoms with Gasteiger partial charge in [0.2, 0.25) is 0 Å². The molecule has 0 saturated carbocycles. The number of ether oxygens (including phenoxy) is 2. The lowest BCUT2D eigenvalue weighted by Gasteiger charge is -2.10. The Morgan fingerprint density at radius 3 is 2.80 bits per heavy atom. The highest BCUT2D eigenvalue weighted by atomic mass is 16.5. The van der Waals surface area contributed by atoms with E-state index in [1.165, 1.54) is 0 Å². The number of H-pyrrole nitrogens is 1. The predicted octanol–water partition coefficient (Wildman–Crippen LogP) is 4.42. The molecule has 1 heterocycles. The van der Waals surface area contributed by atoms with Crippen molar-refractivity contribution in [3.63, 3.8) is 0 Å². The highest BCUT2D eigenvalue weighted by Gasteiger charge is 2.09. The van der Waals surface area contributed by atoms with Gasteiger partial charge >= 0.3 is 0 Å². The van der Waals surface area contributed by atoms with Crippen LogP contribution < -0.4 is 9.47 Å². The Morgan fingerprint density at radius 1 is 1.24 bits per heavy atom. The lowest BCUT2D eigenvalue weighted by atomic mass is 10.1. The van der Waals surface area contributed by atoms with Crippen molar-refractivity contribution in [3.05, 3.63) is 53.9 Å². The summed E-state index contributed by atoms with van der Waals surface area (Å²) in [5, 5.41) is 9.53. The highest BCUT2D eigenvalue weighted by molar-refractivity contribution is 5.90. The van der Waals surface area contributed by atoms with Crippen molar-refractivity contribution in [2.45, 2.75) is 13.3 Å². The molecular weight excluding hydrogens is 314 g/mol. The largest absolute Gasteiger partial charge is 0.493 e. The number of rotatable bonds is 6. The van der Waals surface area contributed by atoms with Crippen molar-refractivity contribution in [2.75, 3.05) is 13.7 Å². The van der Waals surface area contributed by atoms with Gasteiger partial charge in [-0.25, -0.2) is 4.98 Å². The first-order valence-corrected chi connectivity index (χ1v) is 8.13. The van der Waals surface area contributed by atoms with Crippen LogP contribution in [0, 0.1) is 11.3 Å². The van der Waals surface area contributed by atoms with Crippen molar-refractivity contribution in [1.29, 1.82) is 5.26 Å². The molecule has 1 N–H and O–H groups in total. The molecule has 0 aliphatic heterocycles. The molecule has 0 atom stereocenters. The standard InChI is InChI=1S/C20H19N3O2/c1-3-10-25-18-9-8-14(12-19(18)24-2)11-15(13-21)20-22-16-6-4-5-7-17(16)23-20/h4-9,11-12H,3,10H2,1-2H3,(H,22,23)/b15-11+. The Kier molecular flexibility index (Phi) is 5.00. The number of benzene rings is 2. The summed E-state index contributed by atoms with van der Waals surface area (Å²) in [6.45, 7) is 2.68. The molecule has 0 aliphatic carbocycles. The Hall–Kier alpha value is -3.26. The van der Waals surface area contributed by atoms with Gasteiger partial charge in [0.25, 0.3) is 0 Å². The smallest absolute Gasteiger partial charge is 0.161 e. The molecule has 0 radical (unpaired) electrons. The number of hydrogen-bond acceptors (Lipinski definition) is 4. The SMILES string of the molecule is CCCOc1ccc(/C=C(\C#N)c2nc3ccccc3[nH]2)cc1OC. The second kappa shape index (κ2) is 7.54. The molecule has 126 valence electrons. The molecule has 0 amide bonds. The number of nitrogens with zero attached hydrogens (tertiary/aromatic N) is 2. The molecule has 25 heavy (non-hydrogen) atoms. The van der Waals surface area contributed by atoms with Crippen molar-refractivity contribution in [3.8, 4) is 17.6 Å². The summed E-state index contributed by atoms with van der Waals surface area (Å²) in [6, 6.07) is 15.5. The van der Waals surface area contributed by atoms with Gasteiger partial charge in [-0.2, -0.15) is 5.26 Å². The number of imidazole rings is 1. The summed E-state index contributed by atoms with van der Waals surface area (Å²) >= 11 is 0. The summed E-state index contributed by atoms with van der Waals surface area (Å²) < 4.78 is 11.1. The van der Waals surface area contributed by atoms with E-state index in [0.717, 1.165) is 23.0 Å². The van der Waals surface area contributed by atoms with E-state index < -0.39 is 0 Å². The summed E-state index contributed by atoms with van der Waals surface area (Å²) in [6.07, 6.45) is 2.71. The molecule has 0 aliphatic rings. The first-order valence-electron chi connectivity index (χ1n) is 8.13. The van der Waals surface area contributed by atoms with Gasteiger partial charge in [-0.1, -0.05) is 25.1 Å². The third-order valence-corrected chi connectivity index (χ3v) is 3.73. The third kappa shape index (κ3) is 3.64. The number of nitrogens with one attached hydrogen (secondary N) is 1. The van der Waals surface area contributed by atoms with Crippen molar-refractivity contribution < 1.29 is 9.47 Å². The number of hydrogen-bond donors (Lipinski definition) is 1. The fourth-order valence-electron chi connectivity index (χ4n) is 2.51. The van der Waals surface area contributed by atoms with Crippen LogP contribution in [0.4, 0.5) is 0 Å². The normalized spacial score (nSPS) is 11.3. The molecule has 0 spiro atoms. The zero-order valence-electron chi connectivity index (χ0n) is 14.2. The quantitative estimate of drug-likeness (QED) is 0.678. The molecule has 5 nitrogen and oxygen atoms in total. The van der Waals surface area contributed by atoms with Gasteiger partial charge in [-0.05, 0) is 42.3 Å². The van der Waals surface area contributed by atoms with E-state index in [9.17, 15) is 5.26 Å². The summed E-state index contributed by atoms with van der Waals surface area (Å²) in [5.41, 5.74) is 3.04. The lowest BCUT2D eigenvalue weighted by Crippen LogP contribution is -1.98.